The van der Waals surface area contributed by atoms with Gasteiger partial charge in [0.15, 0.2) is 0 Å². The van der Waals surface area contributed by atoms with Gasteiger partial charge in [-0.3, -0.25) is 0 Å². The fourth-order valence-electron chi connectivity index (χ4n) is 9.99. The van der Waals surface area contributed by atoms with E-state index in [1.807, 2.05) is 10.9 Å². The van der Waals surface area contributed by atoms with Crippen molar-refractivity contribution in [2.75, 3.05) is 0 Å². The summed E-state index contributed by atoms with van der Waals surface area (Å²) in [5.41, 5.74) is 7.17. The Kier molecular flexibility index (Phi) is 9.70. The van der Waals surface area contributed by atoms with E-state index in [1.54, 1.807) is 25.7 Å². The van der Waals surface area contributed by atoms with Crippen LogP contribution in [-0.4, -0.2) is 28.3 Å². The van der Waals surface area contributed by atoms with E-state index < -0.39 is 0 Å². The molecule has 206 valence electrons. The summed E-state index contributed by atoms with van der Waals surface area (Å²) in [6.45, 7) is 2.79. The first kappa shape index (κ1) is 27.3. The standard InChI is InChI=1S/C35H56P2/c1-27(36(28-19-8-9-20-28)29-21-10-11-22-29)32-24-14-25-33(32)34-23-12-13-26-35(34)37(30-15-4-2-5-16-30)31-17-6-3-7-18-31/h12-13,23,26-33H,2-11,14-22,24-25H2,1H3/t27-,32?,33?/m1/s1. The molecule has 0 saturated heterocycles. The van der Waals surface area contributed by atoms with Crippen molar-refractivity contribution in [3.63, 3.8) is 0 Å². The van der Waals surface area contributed by atoms with Crippen LogP contribution in [0.5, 0.6) is 0 Å². The summed E-state index contributed by atoms with van der Waals surface area (Å²) in [6, 6.07) is 10.2. The predicted molar refractivity (Wildman–Crippen MR) is 168 cm³/mol. The summed E-state index contributed by atoms with van der Waals surface area (Å²) in [7, 11) is 0.209. The Hall–Kier alpha value is 0.0800. The van der Waals surface area contributed by atoms with Crippen molar-refractivity contribution in [2.24, 2.45) is 5.92 Å². The molecule has 5 fully saturated rings. The largest absolute Gasteiger partial charge is 0.0971 e. The average Bonchev–Trinajstić information content (AvgIpc) is 3.74. The first-order chi connectivity index (χ1) is 18.3. The molecule has 2 unspecified atom stereocenters. The van der Waals surface area contributed by atoms with Crippen LogP contribution in [0.15, 0.2) is 24.3 Å². The molecule has 5 aliphatic rings. The van der Waals surface area contributed by atoms with Gasteiger partial charge >= 0.3 is 0 Å². The molecule has 0 aliphatic heterocycles. The van der Waals surface area contributed by atoms with Crippen molar-refractivity contribution in [3.05, 3.63) is 29.8 Å². The van der Waals surface area contributed by atoms with Crippen molar-refractivity contribution in [2.45, 2.75) is 176 Å². The first-order valence-corrected chi connectivity index (χ1v) is 20.0. The summed E-state index contributed by atoms with van der Waals surface area (Å²) in [4.78, 5) is 0. The van der Waals surface area contributed by atoms with E-state index in [2.05, 4.69) is 31.2 Å². The maximum absolute atomic E-state index is 2.79. The van der Waals surface area contributed by atoms with Gasteiger partial charge < -0.3 is 0 Å². The normalized spacial score (nSPS) is 30.1. The van der Waals surface area contributed by atoms with Crippen LogP contribution in [0.2, 0.25) is 0 Å². The van der Waals surface area contributed by atoms with Gasteiger partial charge in [0, 0.05) is 0 Å². The lowest BCUT2D eigenvalue weighted by atomic mass is 9.87. The van der Waals surface area contributed by atoms with E-state index in [0.29, 0.717) is 0 Å². The second-order valence-electron chi connectivity index (χ2n) is 13.8. The Balaban J connectivity index is 1.30. The monoisotopic (exact) mass is 538 g/mol. The van der Waals surface area contributed by atoms with E-state index in [0.717, 1.165) is 40.1 Å². The van der Waals surface area contributed by atoms with Crippen molar-refractivity contribution in [1.29, 1.82) is 0 Å². The van der Waals surface area contributed by atoms with Gasteiger partial charge in [0.2, 0.25) is 0 Å². The second-order valence-corrected chi connectivity index (χ2v) is 19.7. The van der Waals surface area contributed by atoms with Crippen LogP contribution < -0.4 is 5.30 Å². The lowest BCUT2D eigenvalue weighted by Gasteiger charge is -2.42. The SMILES string of the molecule is C[C@H](C1CCCC1c1ccccc1P(C1CCCCC1)C1CCCCC1)P(C1CCCC1)C1CCCC1. The molecule has 6 rings (SSSR count). The number of hydrogen-bond donors (Lipinski definition) is 0. The van der Waals surface area contributed by atoms with Crippen LogP contribution in [0.3, 0.4) is 0 Å². The second kappa shape index (κ2) is 13.2. The summed E-state index contributed by atoms with van der Waals surface area (Å²) in [5, 5.41) is 1.92. The summed E-state index contributed by atoms with van der Waals surface area (Å²) in [5.74, 6) is 1.85. The minimum absolute atomic E-state index is 0.00539. The lowest BCUT2D eigenvalue weighted by molar-refractivity contribution is 0.472. The quantitative estimate of drug-likeness (QED) is 0.289. The fourth-order valence-corrected chi connectivity index (χ4v) is 18.7. The Labute approximate surface area is 232 Å². The molecule has 0 aromatic heterocycles. The predicted octanol–water partition coefficient (Wildman–Crippen LogP) is 11.1. The zero-order valence-electron chi connectivity index (χ0n) is 24.1. The Morgan fingerprint density at radius 1 is 0.541 bits per heavy atom. The molecule has 0 heterocycles. The molecule has 0 radical (unpaired) electrons. The molecular formula is C35H56P2. The molecular weight excluding hydrogens is 482 g/mol. The fraction of sp³-hybridized carbons (Fsp3) is 0.829. The van der Waals surface area contributed by atoms with Crippen molar-refractivity contribution in [3.8, 4) is 0 Å². The van der Waals surface area contributed by atoms with E-state index >= 15 is 0 Å². The first-order valence-electron chi connectivity index (χ1n) is 17.0. The molecule has 0 spiro atoms. The minimum atomic E-state index is 0.00539. The maximum Gasteiger partial charge on any atom is -0.0121 e. The molecule has 0 bridgehead atoms. The van der Waals surface area contributed by atoms with E-state index in [1.165, 1.54) is 109 Å². The number of rotatable bonds is 8. The molecule has 5 aliphatic carbocycles. The molecule has 0 nitrogen and oxygen atoms in total. The summed E-state index contributed by atoms with van der Waals surface area (Å²) >= 11 is 0. The summed E-state index contributed by atoms with van der Waals surface area (Å²) in [6.07, 6.45) is 32.2. The molecule has 3 atom stereocenters. The van der Waals surface area contributed by atoms with Gasteiger partial charge in [-0.15, -0.1) is 0 Å². The molecule has 0 N–H and O–H groups in total. The van der Waals surface area contributed by atoms with Crippen molar-refractivity contribution in [1.82, 2.24) is 0 Å². The van der Waals surface area contributed by atoms with Gasteiger partial charge in [-0.2, -0.15) is 0 Å². The Morgan fingerprint density at radius 2 is 1.03 bits per heavy atom. The van der Waals surface area contributed by atoms with Crippen LogP contribution >= 0.6 is 15.8 Å². The topological polar surface area (TPSA) is 0 Å². The average molecular weight is 539 g/mol. The van der Waals surface area contributed by atoms with Crippen LogP contribution in [0.25, 0.3) is 0 Å². The lowest BCUT2D eigenvalue weighted by Crippen LogP contribution is -2.31. The number of benzene rings is 1. The van der Waals surface area contributed by atoms with Crippen LogP contribution in [0.4, 0.5) is 0 Å². The zero-order valence-corrected chi connectivity index (χ0v) is 25.9. The molecule has 37 heavy (non-hydrogen) atoms. The highest BCUT2D eigenvalue weighted by atomic mass is 31.1. The molecule has 0 amide bonds. The highest BCUT2D eigenvalue weighted by molar-refractivity contribution is 7.67. The van der Waals surface area contributed by atoms with Crippen LogP contribution in [0.1, 0.15) is 153 Å². The third kappa shape index (κ3) is 6.07. The van der Waals surface area contributed by atoms with Crippen molar-refractivity contribution < 1.29 is 0 Å². The molecule has 5 saturated carbocycles. The van der Waals surface area contributed by atoms with E-state index in [9.17, 15) is 0 Å². The minimum Gasteiger partial charge on any atom is -0.0971 e. The maximum atomic E-state index is 2.79. The third-order valence-corrected chi connectivity index (χ3v) is 19.3. The van der Waals surface area contributed by atoms with Crippen molar-refractivity contribution >= 4 is 21.1 Å². The molecule has 2 heteroatoms. The van der Waals surface area contributed by atoms with Gasteiger partial charge in [0.25, 0.3) is 0 Å². The number of hydrogen-bond acceptors (Lipinski definition) is 0. The highest BCUT2D eigenvalue weighted by Crippen LogP contribution is 2.65. The molecule has 1 aromatic rings. The van der Waals surface area contributed by atoms with Gasteiger partial charge in [0.1, 0.15) is 0 Å². The smallest absolute Gasteiger partial charge is 0.0121 e. The van der Waals surface area contributed by atoms with Gasteiger partial charge in [-0.05, 0) is 115 Å². The Morgan fingerprint density at radius 3 is 1.59 bits per heavy atom. The Bertz CT molecular complexity index is 791. The van der Waals surface area contributed by atoms with Gasteiger partial charge in [-0.25, -0.2) is 0 Å². The zero-order chi connectivity index (χ0) is 25.0. The summed E-state index contributed by atoms with van der Waals surface area (Å²) < 4.78 is 0. The van der Waals surface area contributed by atoms with E-state index in [4.69, 9.17) is 0 Å². The van der Waals surface area contributed by atoms with Crippen LogP contribution in [-0.2, 0) is 0 Å². The van der Waals surface area contributed by atoms with Gasteiger partial charge in [-0.1, -0.05) is 118 Å². The molecule has 1 aromatic carbocycles. The van der Waals surface area contributed by atoms with Gasteiger partial charge in [0.05, 0.1) is 0 Å². The highest BCUT2D eigenvalue weighted by Gasteiger charge is 2.44. The third-order valence-electron chi connectivity index (χ3n) is 11.7. The van der Waals surface area contributed by atoms with Crippen LogP contribution in [0, 0.1) is 5.92 Å². The van der Waals surface area contributed by atoms with E-state index in [-0.39, 0.29) is 15.8 Å².